The van der Waals surface area contributed by atoms with Gasteiger partial charge in [-0.15, -0.1) is 10.2 Å². The van der Waals surface area contributed by atoms with Crippen LogP contribution < -0.4 is 10.1 Å². The molecule has 0 radical (unpaired) electrons. The van der Waals surface area contributed by atoms with Crippen LogP contribution in [0.2, 0.25) is 0 Å². The van der Waals surface area contributed by atoms with Crippen LogP contribution in [0.5, 0.6) is 5.75 Å². The molecule has 136 valence electrons. The van der Waals surface area contributed by atoms with Gasteiger partial charge in [0.2, 0.25) is 5.13 Å². The highest BCUT2D eigenvalue weighted by molar-refractivity contribution is 7.15. The summed E-state index contributed by atoms with van der Waals surface area (Å²) < 4.78 is 5.55. The third-order valence-corrected chi connectivity index (χ3v) is 5.11. The summed E-state index contributed by atoms with van der Waals surface area (Å²) in [4.78, 5) is 12.0. The van der Waals surface area contributed by atoms with E-state index in [0.29, 0.717) is 16.8 Å². The van der Waals surface area contributed by atoms with Gasteiger partial charge in [0, 0.05) is 5.92 Å². The van der Waals surface area contributed by atoms with Crippen molar-refractivity contribution in [3.8, 4) is 5.75 Å². The maximum absolute atomic E-state index is 12.0. The van der Waals surface area contributed by atoms with E-state index in [4.69, 9.17) is 4.74 Å². The summed E-state index contributed by atoms with van der Waals surface area (Å²) in [5, 5.41) is 12.5. The maximum Gasteiger partial charge on any atom is 0.264 e. The molecule has 1 aromatic heterocycles. The van der Waals surface area contributed by atoms with Crippen molar-refractivity contribution in [1.82, 2.24) is 10.2 Å². The highest BCUT2D eigenvalue weighted by Crippen LogP contribution is 2.28. The molecule has 25 heavy (non-hydrogen) atoms. The monoisotopic (exact) mass is 361 g/mol. The van der Waals surface area contributed by atoms with Gasteiger partial charge in [-0.25, -0.2) is 0 Å². The maximum atomic E-state index is 12.0. The second-order valence-electron chi connectivity index (χ2n) is 7.07. The first-order chi connectivity index (χ1) is 11.8. The van der Waals surface area contributed by atoms with Gasteiger partial charge in [0.05, 0.1) is 0 Å². The van der Waals surface area contributed by atoms with Gasteiger partial charge in [-0.1, -0.05) is 58.1 Å². The number of amides is 1. The lowest BCUT2D eigenvalue weighted by atomic mass is 9.87. The Morgan fingerprint density at radius 3 is 2.36 bits per heavy atom. The zero-order chi connectivity index (χ0) is 18.4. The minimum atomic E-state index is -0.229. The first kappa shape index (κ1) is 19.4. The molecule has 0 aliphatic carbocycles. The molecule has 1 aromatic carbocycles. The van der Waals surface area contributed by atoms with Crippen molar-refractivity contribution >= 4 is 22.4 Å². The molecular formula is C19H27N3O2S. The summed E-state index contributed by atoms with van der Waals surface area (Å²) >= 11 is 1.44. The normalized spacial score (nSPS) is 11.6. The van der Waals surface area contributed by atoms with Crippen molar-refractivity contribution in [3.05, 3.63) is 34.8 Å². The van der Waals surface area contributed by atoms with Crippen LogP contribution in [0.15, 0.2) is 24.3 Å². The number of anilines is 1. The molecule has 1 heterocycles. The molecule has 0 spiro atoms. The standard InChI is InChI=1S/C19H27N3O2S/c1-6-13(7-2)17-21-22-18(25-17)20-16(23)12-24-15-10-8-14(9-11-15)19(3,4)5/h8-11,13H,6-7,12H2,1-5H3,(H,20,22,23). The zero-order valence-electron chi connectivity index (χ0n) is 15.6. The summed E-state index contributed by atoms with van der Waals surface area (Å²) in [6.45, 7) is 10.7. The molecule has 0 unspecified atom stereocenters. The predicted molar refractivity (Wildman–Crippen MR) is 102 cm³/mol. The number of rotatable bonds is 7. The number of aromatic nitrogens is 2. The van der Waals surface area contributed by atoms with Gasteiger partial charge in [-0.05, 0) is 36.0 Å². The Labute approximate surface area is 153 Å². The quantitative estimate of drug-likeness (QED) is 0.772. The number of ether oxygens (including phenoxy) is 1. The fourth-order valence-corrected chi connectivity index (χ4v) is 3.47. The second kappa shape index (κ2) is 8.43. The molecule has 1 amide bonds. The van der Waals surface area contributed by atoms with E-state index in [1.54, 1.807) is 0 Å². The Morgan fingerprint density at radius 2 is 1.80 bits per heavy atom. The van der Waals surface area contributed by atoms with Crippen LogP contribution in [0.1, 0.15) is 63.9 Å². The fraction of sp³-hybridized carbons (Fsp3) is 0.526. The van der Waals surface area contributed by atoms with Crippen molar-refractivity contribution in [2.75, 3.05) is 11.9 Å². The fourth-order valence-electron chi connectivity index (χ4n) is 2.44. The van der Waals surface area contributed by atoms with Gasteiger partial charge in [-0.3, -0.25) is 10.1 Å². The van der Waals surface area contributed by atoms with Crippen molar-refractivity contribution < 1.29 is 9.53 Å². The number of carbonyl (C=O) groups excluding carboxylic acids is 1. The third kappa shape index (κ3) is 5.53. The van der Waals surface area contributed by atoms with Gasteiger partial charge in [-0.2, -0.15) is 0 Å². The van der Waals surface area contributed by atoms with Gasteiger partial charge < -0.3 is 4.74 Å². The summed E-state index contributed by atoms with van der Waals surface area (Å²) in [5.41, 5.74) is 1.33. The number of hydrogen-bond acceptors (Lipinski definition) is 5. The zero-order valence-corrected chi connectivity index (χ0v) is 16.4. The van der Waals surface area contributed by atoms with E-state index in [9.17, 15) is 4.79 Å². The molecule has 0 saturated heterocycles. The van der Waals surface area contributed by atoms with Crippen LogP contribution >= 0.6 is 11.3 Å². The van der Waals surface area contributed by atoms with Gasteiger partial charge in [0.25, 0.3) is 5.91 Å². The van der Waals surface area contributed by atoms with E-state index in [2.05, 4.69) is 50.1 Å². The average Bonchev–Trinajstić information content (AvgIpc) is 3.02. The first-order valence-electron chi connectivity index (χ1n) is 8.70. The second-order valence-corrected chi connectivity index (χ2v) is 8.08. The summed E-state index contributed by atoms with van der Waals surface area (Å²) in [6.07, 6.45) is 2.04. The van der Waals surface area contributed by atoms with Crippen LogP contribution in [-0.4, -0.2) is 22.7 Å². The van der Waals surface area contributed by atoms with E-state index in [-0.39, 0.29) is 17.9 Å². The third-order valence-electron chi connectivity index (χ3n) is 4.11. The van der Waals surface area contributed by atoms with Crippen molar-refractivity contribution in [2.45, 2.75) is 58.8 Å². The molecule has 0 bridgehead atoms. The summed E-state index contributed by atoms with van der Waals surface area (Å²) in [5.74, 6) is 0.853. The number of nitrogens with zero attached hydrogens (tertiary/aromatic N) is 2. The number of hydrogen-bond donors (Lipinski definition) is 1. The van der Waals surface area contributed by atoms with Crippen LogP contribution in [0.3, 0.4) is 0 Å². The lowest BCUT2D eigenvalue weighted by Crippen LogP contribution is -2.20. The van der Waals surface area contributed by atoms with E-state index in [0.717, 1.165) is 17.8 Å². The molecule has 5 nitrogen and oxygen atoms in total. The SMILES string of the molecule is CCC(CC)c1nnc(NC(=O)COc2ccc(C(C)(C)C)cc2)s1. The van der Waals surface area contributed by atoms with Crippen LogP contribution in [0.25, 0.3) is 0 Å². The van der Waals surface area contributed by atoms with E-state index < -0.39 is 0 Å². The number of carbonyl (C=O) groups is 1. The molecule has 2 aromatic rings. The van der Waals surface area contributed by atoms with Crippen LogP contribution in [0.4, 0.5) is 5.13 Å². The van der Waals surface area contributed by atoms with E-state index in [1.165, 1.54) is 16.9 Å². The Kier molecular flexibility index (Phi) is 6.53. The molecular weight excluding hydrogens is 334 g/mol. The largest absolute Gasteiger partial charge is 0.484 e. The minimum absolute atomic E-state index is 0.0469. The Bertz CT molecular complexity index is 685. The summed E-state index contributed by atoms with van der Waals surface area (Å²) in [6, 6.07) is 7.84. The van der Waals surface area contributed by atoms with Gasteiger partial charge >= 0.3 is 0 Å². The minimum Gasteiger partial charge on any atom is -0.484 e. The summed E-state index contributed by atoms with van der Waals surface area (Å²) in [7, 11) is 0. The number of nitrogens with one attached hydrogen (secondary N) is 1. The Morgan fingerprint density at radius 1 is 1.16 bits per heavy atom. The van der Waals surface area contributed by atoms with E-state index >= 15 is 0 Å². The lowest BCUT2D eigenvalue weighted by Gasteiger charge is -2.19. The molecule has 2 rings (SSSR count). The molecule has 6 heteroatoms. The molecule has 0 aliphatic heterocycles. The van der Waals surface area contributed by atoms with Crippen molar-refractivity contribution in [3.63, 3.8) is 0 Å². The van der Waals surface area contributed by atoms with Gasteiger partial charge in [0.15, 0.2) is 6.61 Å². The Hall–Kier alpha value is -1.95. The van der Waals surface area contributed by atoms with Crippen molar-refractivity contribution in [1.29, 1.82) is 0 Å². The molecule has 0 fully saturated rings. The highest BCUT2D eigenvalue weighted by atomic mass is 32.1. The Balaban J connectivity index is 1.86. The topological polar surface area (TPSA) is 64.1 Å². The molecule has 0 aliphatic rings. The highest BCUT2D eigenvalue weighted by Gasteiger charge is 2.15. The van der Waals surface area contributed by atoms with Crippen LogP contribution in [-0.2, 0) is 10.2 Å². The van der Waals surface area contributed by atoms with Crippen molar-refractivity contribution in [2.24, 2.45) is 0 Å². The first-order valence-corrected chi connectivity index (χ1v) is 9.51. The average molecular weight is 362 g/mol. The number of benzene rings is 1. The lowest BCUT2D eigenvalue weighted by molar-refractivity contribution is -0.118. The predicted octanol–water partition coefficient (Wildman–Crippen LogP) is 4.76. The molecule has 0 atom stereocenters. The molecule has 0 saturated carbocycles. The van der Waals surface area contributed by atoms with E-state index in [1.807, 2.05) is 24.3 Å². The van der Waals surface area contributed by atoms with Crippen LogP contribution in [0, 0.1) is 0 Å². The molecule has 1 N–H and O–H groups in total. The smallest absolute Gasteiger partial charge is 0.264 e. The van der Waals surface area contributed by atoms with Gasteiger partial charge in [0.1, 0.15) is 10.8 Å².